The molecule has 0 saturated heterocycles. The number of amides is 1. The van der Waals surface area contributed by atoms with Crippen molar-refractivity contribution in [2.45, 2.75) is 26.2 Å². The van der Waals surface area contributed by atoms with Crippen LogP contribution >= 0.6 is 0 Å². The van der Waals surface area contributed by atoms with E-state index in [0.717, 1.165) is 28.6 Å². The number of aromatic nitrogens is 1. The lowest BCUT2D eigenvalue weighted by Gasteiger charge is -2.11. The standard InChI is InChI=1S/C27H25N3O2/c1-3-19(2)20-12-14-21(15-13-20)26-18-24(23-10-4-5-11-25(23)29-26)27(31)30-28-16-6-8-22-9-7-17-32-22/h4-19H,3H2,1-2H3,(H,30,31)/b8-6+,28-16?/t19-/m0/s1. The summed E-state index contributed by atoms with van der Waals surface area (Å²) < 4.78 is 5.22. The van der Waals surface area contributed by atoms with Crippen molar-refractivity contribution in [3.05, 3.63) is 96.0 Å². The molecule has 0 aliphatic rings. The second-order valence-corrected chi connectivity index (χ2v) is 7.60. The Morgan fingerprint density at radius 1 is 1.12 bits per heavy atom. The third-order valence-electron chi connectivity index (χ3n) is 5.48. The zero-order valence-electron chi connectivity index (χ0n) is 18.2. The minimum atomic E-state index is -0.288. The van der Waals surface area contributed by atoms with E-state index in [2.05, 4.69) is 48.6 Å². The third-order valence-corrected chi connectivity index (χ3v) is 5.48. The third kappa shape index (κ3) is 4.83. The number of benzene rings is 2. The van der Waals surface area contributed by atoms with Gasteiger partial charge in [0, 0.05) is 17.2 Å². The summed E-state index contributed by atoms with van der Waals surface area (Å²) in [5, 5.41) is 4.81. The lowest BCUT2D eigenvalue weighted by atomic mass is 9.96. The van der Waals surface area contributed by atoms with Gasteiger partial charge in [0.25, 0.3) is 5.91 Å². The van der Waals surface area contributed by atoms with Crippen LogP contribution in [0.4, 0.5) is 0 Å². The SMILES string of the molecule is CC[C@H](C)c1ccc(-c2cc(C(=O)NN=C/C=C/c3ccco3)c3ccccc3n2)cc1. The van der Waals surface area contributed by atoms with Crippen molar-refractivity contribution < 1.29 is 9.21 Å². The molecule has 0 radical (unpaired) electrons. The van der Waals surface area contributed by atoms with Crippen molar-refractivity contribution in [3.8, 4) is 11.3 Å². The van der Waals surface area contributed by atoms with Gasteiger partial charge in [0.15, 0.2) is 0 Å². The van der Waals surface area contributed by atoms with Gasteiger partial charge in [-0.15, -0.1) is 0 Å². The molecule has 2 heterocycles. The fourth-order valence-electron chi connectivity index (χ4n) is 3.45. The van der Waals surface area contributed by atoms with Gasteiger partial charge >= 0.3 is 0 Å². The molecule has 2 aromatic heterocycles. The number of hydrogen-bond acceptors (Lipinski definition) is 4. The average molecular weight is 424 g/mol. The van der Waals surface area contributed by atoms with Gasteiger partial charge in [0.2, 0.25) is 0 Å². The van der Waals surface area contributed by atoms with E-state index in [1.165, 1.54) is 11.8 Å². The van der Waals surface area contributed by atoms with Crippen LogP contribution in [0.1, 0.15) is 47.9 Å². The number of carbonyl (C=O) groups is 1. The first kappa shape index (κ1) is 21.2. The number of furan rings is 1. The van der Waals surface area contributed by atoms with Crippen LogP contribution in [0, 0.1) is 0 Å². The maximum atomic E-state index is 12.9. The molecule has 0 saturated carbocycles. The highest BCUT2D eigenvalue weighted by Crippen LogP contribution is 2.27. The zero-order chi connectivity index (χ0) is 22.3. The zero-order valence-corrected chi connectivity index (χ0v) is 18.2. The van der Waals surface area contributed by atoms with E-state index in [4.69, 9.17) is 9.40 Å². The molecular weight excluding hydrogens is 398 g/mol. The topological polar surface area (TPSA) is 67.5 Å². The second kappa shape index (κ2) is 9.88. The molecular formula is C27H25N3O2. The van der Waals surface area contributed by atoms with E-state index < -0.39 is 0 Å². The predicted octanol–water partition coefficient (Wildman–Crippen LogP) is 6.44. The fraction of sp³-hybridized carbons (Fsp3) is 0.148. The van der Waals surface area contributed by atoms with E-state index in [1.54, 1.807) is 18.4 Å². The quantitative estimate of drug-likeness (QED) is 0.275. The summed E-state index contributed by atoms with van der Waals surface area (Å²) in [6.07, 6.45) is 7.67. The van der Waals surface area contributed by atoms with Gasteiger partial charge in [-0.05, 0) is 54.3 Å². The molecule has 0 aliphatic carbocycles. The molecule has 1 amide bonds. The number of para-hydroxylation sites is 1. The molecule has 0 aliphatic heterocycles. The highest BCUT2D eigenvalue weighted by molar-refractivity contribution is 6.07. The molecule has 0 unspecified atom stereocenters. The first-order valence-corrected chi connectivity index (χ1v) is 10.7. The van der Waals surface area contributed by atoms with Crippen LogP contribution < -0.4 is 5.43 Å². The van der Waals surface area contributed by atoms with Crippen molar-refractivity contribution in [2.24, 2.45) is 5.10 Å². The van der Waals surface area contributed by atoms with Crippen molar-refractivity contribution in [2.75, 3.05) is 0 Å². The van der Waals surface area contributed by atoms with E-state index in [1.807, 2.05) is 42.5 Å². The van der Waals surface area contributed by atoms with Gasteiger partial charge in [-0.3, -0.25) is 4.79 Å². The molecule has 2 aromatic carbocycles. The van der Waals surface area contributed by atoms with Crippen molar-refractivity contribution in [1.29, 1.82) is 0 Å². The van der Waals surface area contributed by atoms with E-state index in [9.17, 15) is 4.79 Å². The summed E-state index contributed by atoms with van der Waals surface area (Å²) in [6, 6.07) is 21.5. The number of nitrogens with one attached hydrogen (secondary N) is 1. The minimum Gasteiger partial charge on any atom is -0.465 e. The number of carbonyl (C=O) groups excluding carboxylic acids is 1. The average Bonchev–Trinajstić information content (AvgIpc) is 3.36. The fourth-order valence-corrected chi connectivity index (χ4v) is 3.45. The smallest absolute Gasteiger partial charge is 0.272 e. The van der Waals surface area contributed by atoms with Crippen LogP contribution in [0.15, 0.2) is 88.6 Å². The predicted molar refractivity (Wildman–Crippen MR) is 130 cm³/mol. The Labute approximate surface area is 187 Å². The molecule has 0 fully saturated rings. The van der Waals surface area contributed by atoms with Crippen molar-refractivity contribution >= 4 is 29.1 Å². The molecule has 1 atom stereocenters. The number of pyridine rings is 1. The van der Waals surface area contributed by atoms with Gasteiger partial charge < -0.3 is 4.42 Å². The largest absolute Gasteiger partial charge is 0.465 e. The summed E-state index contributed by atoms with van der Waals surface area (Å²) in [5.41, 5.74) is 6.93. The van der Waals surface area contributed by atoms with Crippen LogP contribution in [0.5, 0.6) is 0 Å². The summed E-state index contributed by atoms with van der Waals surface area (Å²) in [7, 11) is 0. The van der Waals surface area contributed by atoms with Crippen LogP contribution in [0.2, 0.25) is 0 Å². The molecule has 0 bridgehead atoms. The monoisotopic (exact) mass is 423 g/mol. The molecule has 32 heavy (non-hydrogen) atoms. The number of nitrogens with zero attached hydrogens (tertiary/aromatic N) is 2. The Bertz CT molecular complexity index is 1260. The van der Waals surface area contributed by atoms with E-state index >= 15 is 0 Å². The molecule has 0 spiro atoms. The first-order chi connectivity index (χ1) is 15.7. The summed E-state index contributed by atoms with van der Waals surface area (Å²) >= 11 is 0. The van der Waals surface area contributed by atoms with Crippen molar-refractivity contribution in [1.82, 2.24) is 10.4 Å². The van der Waals surface area contributed by atoms with Crippen LogP contribution in [0.25, 0.3) is 28.2 Å². The summed E-state index contributed by atoms with van der Waals surface area (Å²) in [6.45, 7) is 4.40. The highest BCUT2D eigenvalue weighted by atomic mass is 16.3. The normalized spacial score (nSPS) is 12.6. The number of hydrazone groups is 1. The van der Waals surface area contributed by atoms with Crippen LogP contribution in [-0.4, -0.2) is 17.1 Å². The van der Waals surface area contributed by atoms with Gasteiger partial charge in [-0.2, -0.15) is 5.10 Å². The number of fused-ring (bicyclic) bond motifs is 1. The van der Waals surface area contributed by atoms with Crippen LogP contribution in [-0.2, 0) is 0 Å². The Kier molecular flexibility index (Phi) is 6.56. The number of allylic oxidation sites excluding steroid dienone is 1. The van der Waals surface area contributed by atoms with E-state index in [0.29, 0.717) is 17.2 Å². The lowest BCUT2D eigenvalue weighted by molar-refractivity contribution is 0.0956. The Balaban J connectivity index is 1.60. The maximum absolute atomic E-state index is 12.9. The van der Waals surface area contributed by atoms with Crippen LogP contribution in [0.3, 0.4) is 0 Å². The summed E-state index contributed by atoms with van der Waals surface area (Å²) in [5.74, 6) is 0.935. The Morgan fingerprint density at radius 2 is 1.94 bits per heavy atom. The van der Waals surface area contributed by atoms with Gasteiger partial charge in [0.1, 0.15) is 5.76 Å². The molecule has 1 N–H and O–H groups in total. The minimum absolute atomic E-state index is 0.288. The van der Waals surface area contributed by atoms with Gasteiger partial charge in [-0.25, -0.2) is 10.4 Å². The molecule has 160 valence electrons. The van der Waals surface area contributed by atoms with E-state index in [-0.39, 0.29) is 5.91 Å². The molecule has 5 nitrogen and oxygen atoms in total. The lowest BCUT2D eigenvalue weighted by Crippen LogP contribution is -2.18. The second-order valence-electron chi connectivity index (χ2n) is 7.60. The highest BCUT2D eigenvalue weighted by Gasteiger charge is 2.14. The molecule has 4 aromatic rings. The number of rotatable bonds is 7. The Hall–Kier alpha value is -3.99. The Morgan fingerprint density at radius 3 is 2.69 bits per heavy atom. The molecule has 5 heteroatoms. The van der Waals surface area contributed by atoms with Crippen molar-refractivity contribution in [3.63, 3.8) is 0 Å². The van der Waals surface area contributed by atoms with Gasteiger partial charge in [-0.1, -0.05) is 56.3 Å². The number of hydrogen-bond donors (Lipinski definition) is 1. The maximum Gasteiger partial charge on any atom is 0.272 e. The van der Waals surface area contributed by atoms with Gasteiger partial charge in [0.05, 0.1) is 23.0 Å². The summed E-state index contributed by atoms with van der Waals surface area (Å²) in [4.78, 5) is 17.7. The first-order valence-electron chi connectivity index (χ1n) is 10.7. The molecule has 4 rings (SSSR count).